The maximum Gasteiger partial charge on any atom is 0.333 e. The number of rotatable bonds is 4. The normalized spacial score (nSPS) is 27.6. The number of morpholine rings is 1. The average molecular weight is 413 g/mol. The zero-order valence-electron chi connectivity index (χ0n) is 18.3. The predicted octanol–water partition coefficient (Wildman–Crippen LogP) is 1.32. The van der Waals surface area contributed by atoms with E-state index in [0.29, 0.717) is 18.9 Å². The monoisotopic (exact) mass is 412 g/mol. The van der Waals surface area contributed by atoms with Crippen molar-refractivity contribution in [2.24, 2.45) is 4.99 Å². The lowest BCUT2D eigenvalue weighted by Gasteiger charge is -2.34. The molecule has 3 aliphatic rings. The number of hydrogen-bond acceptors (Lipinski definition) is 5. The molecule has 1 aromatic carbocycles. The molecule has 2 fully saturated rings. The van der Waals surface area contributed by atoms with Gasteiger partial charge in [-0.05, 0) is 31.3 Å². The van der Waals surface area contributed by atoms with Crippen molar-refractivity contribution in [1.29, 1.82) is 0 Å². The Morgan fingerprint density at radius 3 is 2.33 bits per heavy atom. The lowest BCUT2D eigenvalue weighted by Crippen LogP contribution is -2.61. The third kappa shape index (κ3) is 3.77. The second-order valence-electron chi connectivity index (χ2n) is 8.59. The fraction of sp³-hybridized carbons (Fsp3) is 0.545. The van der Waals surface area contributed by atoms with E-state index in [1.807, 2.05) is 4.58 Å². The number of likely N-dealkylation sites (N-methyl/N-ethyl adjacent to an activating group) is 2. The number of nitrogens with zero attached hydrogens (tertiary/aromatic N) is 5. The van der Waals surface area contributed by atoms with Gasteiger partial charge in [0, 0.05) is 27.2 Å². The van der Waals surface area contributed by atoms with Gasteiger partial charge < -0.3 is 4.74 Å². The Balaban J connectivity index is 1.69. The van der Waals surface area contributed by atoms with Crippen molar-refractivity contribution in [2.45, 2.75) is 45.6 Å². The van der Waals surface area contributed by atoms with Crippen LogP contribution in [-0.4, -0.2) is 94.9 Å². The summed E-state index contributed by atoms with van der Waals surface area (Å²) < 4.78 is 7.91. The number of carbonyl (C=O) groups is 2. The molecule has 0 aliphatic carbocycles. The van der Waals surface area contributed by atoms with Gasteiger partial charge in [-0.15, -0.1) is 0 Å². The fourth-order valence-corrected chi connectivity index (χ4v) is 4.46. The van der Waals surface area contributed by atoms with Crippen LogP contribution in [0.3, 0.4) is 0 Å². The standard InChI is InChI=1S/C22H30N5O3/c1-14-6-8-17(9-7-14)12-27-18(13-26-10-15(2)30-16(3)11-26)23-20-19(27)21(28)25(5)22(29)24(20)4/h6-9,15-16,19H,10-13H2,1-5H3/q+1. The molecule has 3 unspecified atom stereocenters. The summed E-state index contributed by atoms with van der Waals surface area (Å²) in [7, 11) is 3.22. The lowest BCUT2D eigenvalue weighted by molar-refractivity contribution is -0.552. The summed E-state index contributed by atoms with van der Waals surface area (Å²) in [5.41, 5.74) is 2.30. The molecule has 8 nitrogen and oxygen atoms in total. The zero-order chi connectivity index (χ0) is 21.6. The Bertz CT molecular complexity index is 913. The summed E-state index contributed by atoms with van der Waals surface area (Å²) in [5, 5.41) is 0. The number of hydrogen-bond donors (Lipinski definition) is 0. The van der Waals surface area contributed by atoms with Gasteiger partial charge >= 0.3 is 11.9 Å². The van der Waals surface area contributed by atoms with Gasteiger partial charge in [-0.2, -0.15) is 0 Å². The van der Waals surface area contributed by atoms with E-state index >= 15 is 0 Å². The van der Waals surface area contributed by atoms with Crippen LogP contribution in [0.4, 0.5) is 4.79 Å². The van der Waals surface area contributed by atoms with Gasteiger partial charge in [0.05, 0.1) is 12.2 Å². The van der Waals surface area contributed by atoms with Crippen LogP contribution >= 0.6 is 0 Å². The van der Waals surface area contributed by atoms with E-state index in [1.165, 1.54) is 22.4 Å². The molecule has 30 heavy (non-hydrogen) atoms. The van der Waals surface area contributed by atoms with Crippen molar-refractivity contribution < 1.29 is 18.9 Å². The first-order valence-electron chi connectivity index (χ1n) is 10.4. The molecule has 4 rings (SSSR count). The van der Waals surface area contributed by atoms with Crippen LogP contribution in [0.5, 0.6) is 0 Å². The van der Waals surface area contributed by atoms with Gasteiger partial charge in [0.15, 0.2) is 0 Å². The van der Waals surface area contributed by atoms with Gasteiger partial charge in [0.25, 0.3) is 17.8 Å². The van der Waals surface area contributed by atoms with Crippen molar-refractivity contribution in [1.82, 2.24) is 14.7 Å². The Kier molecular flexibility index (Phi) is 5.46. The minimum Gasteiger partial charge on any atom is -0.373 e. The molecular formula is C22H30N5O3+. The molecule has 3 atom stereocenters. The summed E-state index contributed by atoms with van der Waals surface area (Å²) in [6, 6.07) is 7.38. The molecule has 3 aliphatic heterocycles. The van der Waals surface area contributed by atoms with Crippen LogP contribution in [0.2, 0.25) is 0 Å². The molecule has 0 bridgehead atoms. The number of imide groups is 1. The summed E-state index contributed by atoms with van der Waals surface area (Å²) in [6.07, 6.45) is 0.293. The summed E-state index contributed by atoms with van der Waals surface area (Å²) >= 11 is 0. The van der Waals surface area contributed by atoms with E-state index in [1.54, 1.807) is 7.05 Å². The number of amidine groups is 2. The van der Waals surface area contributed by atoms with E-state index in [4.69, 9.17) is 9.73 Å². The van der Waals surface area contributed by atoms with Crippen molar-refractivity contribution >= 4 is 23.6 Å². The Hall–Kier alpha value is -2.58. The second kappa shape index (κ2) is 7.92. The van der Waals surface area contributed by atoms with Crippen LogP contribution in [0.15, 0.2) is 29.3 Å². The van der Waals surface area contributed by atoms with Gasteiger partial charge in [-0.3, -0.25) is 19.5 Å². The molecule has 3 amide bonds. The highest BCUT2D eigenvalue weighted by Gasteiger charge is 2.53. The van der Waals surface area contributed by atoms with Crippen LogP contribution in [0, 0.1) is 6.92 Å². The molecule has 0 aromatic heterocycles. The number of amides is 3. The van der Waals surface area contributed by atoms with Crippen molar-refractivity contribution in [3.8, 4) is 0 Å². The number of aliphatic imine (C=N–C) groups is 1. The second-order valence-corrected chi connectivity index (χ2v) is 8.59. The molecule has 0 radical (unpaired) electrons. The van der Waals surface area contributed by atoms with E-state index in [2.05, 4.69) is 49.9 Å². The van der Waals surface area contributed by atoms with Crippen LogP contribution in [0.1, 0.15) is 25.0 Å². The van der Waals surface area contributed by atoms with Crippen molar-refractivity contribution in [2.75, 3.05) is 33.7 Å². The summed E-state index contributed by atoms with van der Waals surface area (Å²) in [6.45, 7) is 8.99. The van der Waals surface area contributed by atoms with Gasteiger partial charge in [0.1, 0.15) is 13.1 Å². The maximum atomic E-state index is 13.1. The van der Waals surface area contributed by atoms with Gasteiger partial charge in [0.2, 0.25) is 0 Å². The first-order valence-corrected chi connectivity index (χ1v) is 10.4. The molecule has 3 heterocycles. The largest absolute Gasteiger partial charge is 0.373 e. The number of ether oxygens (including phenoxy) is 1. The van der Waals surface area contributed by atoms with E-state index < -0.39 is 6.04 Å². The fourth-order valence-electron chi connectivity index (χ4n) is 4.46. The molecule has 0 N–H and O–H groups in total. The molecule has 2 saturated heterocycles. The van der Waals surface area contributed by atoms with Gasteiger partial charge in [-0.1, -0.05) is 29.8 Å². The molecule has 1 aromatic rings. The van der Waals surface area contributed by atoms with E-state index in [9.17, 15) is 9.59 Å². The minimum absolute atomic E-state index is 0.147. The van der Waals surface area contributed by atoms with Crippen LogP contribution in [0.25, 0.3) is 0 Å². The first-order chi connectivity index (χ1) is 14.2. The number of urea groups is 1. The highest BCUT2D eigenvalue weighted by atomic mass is 16.5. The zero-order valence-corrected chi connectivity index (χ0v) is 18.3. The van der Waals surface area contributed by atoms with E-state index in [0.717, 1.165) is 24.5 Å². The van der Waals surface area contributed by atoms with Crippen molar-refractivity contribution in [3.63, 3.8) is 0 Å². The smallest absolute Gasteiger partial charge is 0.333 e. The topological polar surface area (TPSA) is 68.5 Å². The van der Waals surface area contributed by atoms with Crippen molar-refractivity contribution in [3.05, 3.63) is 35.4 Å². The maximum absolute atomic E-state index is 13.1. The number of fused-ring (bicyclic) bond motifs is 1. The Morgan fingerprint density at radius 1 is 1.07 bits per heavy atom. The molecule has 0 saturated carbocycles. The first kappa shape index (κ1) is 20.7. The number of benzene rings is 1. The third-order valence-electron chi connectivity index (χ3n) is 5.95. The Labute approximate surface area is 177 Å². The van der Waals surface area contributed by atoms with Crippen LogP contribution < -0.4 is 0 Å². The summed E-state index contributed by atoms with van der Waals surface area (Å²) in [4.78, 5) is 35.3. The predicted molar refractivity (Wildman–Crippen MR) is 114 cm³/mol. The highest BCUT2D eigenvalue weighted by Crippen LogP contribution is 2.22. The molecule has 160 valence electrons. The molecular weight excluding hydrogens is 382 g/mol. The average Bonchev–Trinajstić information content (AvgIpc) is 3.03. The molecule has 0 spiro atoms. The number of aryl methyl sites for hydroxylation is 1. The number of carbonyl (C=O) groups excluding carboxylic acids is 2. The van der Waals surface area contributed by atoms with E-state index in [-0.39, 0.29) is 24.1 Å². The highest BCUT2D eigenvalue weighted by molar-refractivity contribution is 6.23. The third-order valence-corrected chi connectivity index (χ3v) is 5.95. The Morgan fingerprint density at radius 2 is 1.70 bits per heavy atom. The quantitative estimate of drug-likeness (QED) is 0.700. The SMILES string of the molecule is Cc1ccc(C[N+]2=C(CN3CC(C)OC(C)C3)N=C3C2C(=O)N(C)C(=O)N3C)cc1. The van der Waals surface area contributed by atoms with Gasteiger partial charge in [-0.25, -0.2) is 9.37 Å². The minimum atomic E-state index is -0.579. The molecule has 8 heteroatoms. The van der Waals surface area contributed by atoms with Crippen LogP contribution in [-0.2, 0) is 16.1 Å². The lowest BCUT2D eigenvalue weighted by atomic mass is 10.1. The summed E-state index contributed by atoms with van der Waals surface area (Å²) in [5.74, 6) is 1.10.